The van der Waals surface area contributed by atoms with Crippen molar-refractivity contribution in [2.75, 3.05) is 19.0 Å². The molecule has 2 amide bonds. The normalized spacial score (nSPS) is 11.0. The monoisotopic (exact) mass is 387 g/mol. The first kappa shape index (κ1) is 19.9. The smallest absolute Gasteiger partial charge is 0.326 e. The summed E-state index contributed by atoms with van der Waals surface area (Å²) in [6.07, 6.45) is -1.09. The van der Waals surface area contributed by atoms with Crippen LogP contribution in [0.5, 0.6) is 5.75 Å². The van der Waals surface area contributed by atoms with E-state index in [1.54, 1.807) is 35.7 Å². The molecule has 0 aliphatic carbocycles. The molecule has 2 rings (SSSR count). The first-order chi connectivity index (χ1) is 13.0. The molecule has 1 aromatic heterocycles. The van der Waals surface area contributed by atoms with Crippen molar-refractivity contribution in [3.05, 3.63) is 46.8 Å². The first-order valence-electron chi connectivity index (χ1n) is 7.85. The van der Waals surface area contributed by atoms with Crippen molar-refractivity contribution in [2.24, 2.45) is 0 Å². The number of hydrogen-bond acceptors (Lipinski definition) is 7. The zero-order valence-corrected chi connectivity index (χ0v) is 15.5. The summed E-state index contributed by atoms with van der Waals surface area (Å²) in [5.41, 5.74) is 0.608. The molecule has 0 bridgehead atoms. The van der Waals surface area contributed by atoms with Gasteiger partial charge in [-0.05, 0) is 30.5 Å². The Labute approximate surface area is 159 Å². The van der Waals surface area contributed by atoms with Gasteiger partial charge in [0.25, 0.3) is 11.8 Å². The fourth-order valence-corrected chi connectivity index (χ4v) is 2.82. The molecule has 1 atom stereocenters. The summed E-state index contributed by atoms with van der Waals surface area (Å²) in [7, 11) is 1.44. The van der Waals surface area contributed by atoms with Crippen molar-refractivity contribution in [3.8, 4) is 11.8 Å². The quantitative estimate of drug-likeness (QED) is 0.701. The number of nitriles is 1. The molecule has 9 heteroatoms. The molecular weight excluding hydrogens is 370 g/mol. The number of ether oxygens (including phenoxy) is 2. The summed E-state index contributed by atoms with van der Waals surface area (Å²) in [5.74, 6) is -1.47. The van der Waals surface area contributed by atoms with Crippen LogP contribution in [0.15, 0.2) is 35.7 Å². The molecule has 0 saturated carbocycles. The number of nitrogens with zero attached hydrogens (tertiary/aromatic N) is 1. The number of carbonyl (C=O) groups is 3. The number of carbonyl (C=O) groups excluding carboxylic acids is 3. The topological polar surface area (TPSA) is 118 Å². The lowest BCUT2D eigenvalue weighted by Crippen LogP contribution is -2.35. The van der Waals surface area contributed by atoms with E-state index in [1.165, 1.54) is 25.4 Å². The predicted octanol–water partition coefficient (Wildman–Crippen LogP) is 1.93. The highest BCUT2D eigenvalue weighted by Crippen LogP contribution is 2.22. The van der Waals surface area contributed by atoms with Gasteiger partial charge in [0.15, 0.2) is 6.10 Å². The SMILES string of the molecule is COc1ccccc1C(=O)NCC(=O)O[C@@H](C)C(=O)Nc1sccc1C#N. The van der Waals surface area contributed by atoms with Gasteiger partial charge in [-0.1, -0.05) is 12.1 Å². The largest absolute Gasteiger partial charge is 0.496 e. The molecule has 2 N–H and O–H groups in total. The van der Waals surface area contributed by atoms with Gasteiger partial charge in [-0.3, -0.25) is 14.4 Å². The Morgan fingerprint density at radius 2 is 2.00 bits per heavy atom. The highest BCUT2D eigenvalue weighted by atomic mass is 32.1. The number of hydrogen-bond donors (Lipinski definition) is 2. The standard InChI is InChI=1S/C18H17N3O5S/c1-11(16(23)21-18-12(9-19)7-8-27-18)26-15(22)10-20-17(24)13-5-3-4-6-14(13)25-2/h3-8,11H,10H2,1-2H3,(H,20,24)(H,21,23)/t11-/m0/s1. The fourth-order valence-electron chi connectivity index (χ4n) is 2.08. The summed E-state index contributed by atoms with van der Waals surface area (Å²) < 4.78 is 10.1. The zero-order chi connectivity index (χ0) is 19.8. The van der Waals surface area contributed by atoms with Crippen LogP contribution >= 0.6 is 11.3 Å². The Kier molecular flexibility index (Phi) is 6.91. The summed E-state index contributed by atoms with van der Waals surface area (Å²) >= 11 is 1.19. The third-order valence-corrected chi connectivity index (χ3v) is 4.27. The predicted molar refractivity (Wildman–Crippen MR) is 98.5 cm³/mol. The minimum Gasteiger partial charge on any atom is -0.496 e. The summed E-state index contributed by atoms with van der Waals surface area (Å²) in [5, 5.41) is 15.9. The van der Waals surface area contributed by atoms with Gasteiger partial charge >= 0.3 is 5.97 Å². The molecule has 8 nitrogen and oxygen atoms in total. The van der Waals surface area contributed by atoms with Crippen LogP contribution in [0, 0.1) is 11.3 Å². The van der Waals surface area contributed by atoms with Crippen LogP contribution in [0.1, 0.15) is 22.8 Å². The lowest BCUT2D eigenvalue weighted by atomic mass is 10.2. The third kappa shape index (κ3) is 5.29. The molecule has 0 fully saturated rings. The van der Waals surface area contributed by atoms with Crippen molar-refractivity contribution < 1.29 is 23.9 Å². The molecule has 1 heterocycles. The van der Waals surface area contributed by atoms with Gasteiger partial charge in [0.2, 0.25) is 0 Å². The van der Waals surface area contributed by atoms with Gasteiger partial charge in [-0.2, -0.15) is 5.26 Å². The highest BCUT2D eigenvalue weighted by Gasteiger charge is 2.20. The molecule has 2 aromatic rings. The van der Waals surface area contributed by atoms with Crippen LogP contribution in [0.2, 0.25) is 0 Å². The Hall–Kier alpha value is -3.38. The minimum atomic E-state index is -1.09. The number of amides is 2. The lowest BCUT2D eigenvalue weighted by molar-refractivity contribution is -0.152. The molecule has 0 unspecified atom stereocenters. The average Bonchev–Trinajstić information content (AvgIpc) is 3.12. The molecule has 0 spiro atoms. The third-order valence-electron chi connectivity index (χ3n) is 3.44. The van der Waals surface area contributed by atoms with E-state index in [9.17, 15) is 14.4 Å². The van der Waals surface area contributed by atoms with E-state index in [4.69, 9.17) is 14.7 Å². The second-order valence-electron chi connectivity index (χ2n) is 5.28. The van der Waals surface area contributed by atoms with Crippen molar-refractivity contribution in [1.29, 1.82) is 5.26 Å². The highest BCUT2D eigenvalue weighted by molar-refractivity contribution is 7.14. The lowest BCUT2D eigenvalue weighted by Gasteiger charge is -2.13. The van der Waals surface area contributed by atoms with E-state index in [0.717, 1.165) is 0 Å². The van der Waals surface area contributed by atoms with E-state index in [2.05, 4.69) is 10.6 Å². The van der Waals surface area contributed by atoms with Crippen LogP contribution in [0.3, 0.4) is 0 Å². The number of esters is 1. The van der Waals surface area contributed by atoms with Crippen LogP contribution in [-0.4, -0.2) is 37.5 Å². The Bertz CT molecular complexity index is 887. The van der Waals surface area contributed by atoms with Crippen molar-refractivity contribution in [3.63, 3.8) is 0 Å². The number of methoxy groups -OCH3 is 1. The number of nitrogens with one attached hydrogen (secondary N) is 2. The molecule has 0 saturated heterocycles. The number of thiophene rings is 1. The maximum Gasteiger partial charge on any atom is 0.326 e. The second-order valence-corrected chi connectivity index (χ2v) is 6.20. The van der Waals surface area contributed by atoms with Gasteiger partial charge in [-0.15, -0.1) is 11.3 Å². The van der Waals surface area contributed by atoms with Crippen molar-refractivity contribution in [2.45, 2.75) is 13.0 Å². The van der Waals surface area contributed by atoms with E-state index >= 15 is 0 Å². The number of rotatable bonds is 7. The van der Waals surface area contributed by atoms with E-state index in [1.807, 2.05) is 6.07 Å². The molecule has 0 radical (unpaired) electrons. The van der Waals surface area contributed by atoms with Gasteiger partial charge in [-0.25, -0.2) is 0 Å². The molecule has 140 valence electrons. The second kappa shape index (κ2) is 9.35. The van der Waals surface area contributed by atoms with Gasteiger partial charge in [0.1, 0.15) is 23.4 Å². The Morgan fingerprint density at radius 3 is 2.70 bits per heavy atom. The van der Waals surface area contributed by atoms with Crippen LogP contribution in [-0.2, 0) is 14.3 Å². The van der Waals surface area contributed by atoms with Crippen molar-refractivity contribution >= 4 is 34.1 Å². The molecule has 27 heavy (non-hydrogen) atoms. The van der Waals surface area contributed by atoms with Gasteiger partial charge < -0.3 is 20.1 Å². The fraction of sp³-hybridized carbons (Fsp3) is 0.222. The van der Waals surface area contributed by atoms with Crippen LogP contribution in [0.25, 0.3) is 0 Å². The molecule has 0 aliphatic heterocycles. The van der Waals surface area contributed by atoms with Gasteiger partial charge in [0, 0.05) is 0 Å². The first-order valence-corrected chi connectivity index (χ1v) is 8.73. The Balaban J connectivity index is 1.85. The number of para-hydroxylation sites is 1. The maximum atomic E-state index is 12.1. The summed E-state index contributed by atoms with van der Waals surface area (Å²) in [4.78, 5) is 36.1. The summed E-state index contributed by atoms with van der Waals surface area (Å²) in [6, 6.07) is 10.1. The summed E-state index contributed by atoms with van der Waals surface area (Å²) in [6.45, 7) is 0.992. The number of benzene rings is 1. The van der Waals surface area contributed by atoms with E-state index < -0.39 is 30.4 Å². The Morgan fingerprint density at radius 1 is 1.26 bits per heavy atom. The minimum absolute atomic E-state index is 0.278. The van der Waals surface area contributed by atoms with Crippen LogP contribution in [0.4, 0.5) is 5.00 Å². The molecule has 0 aliphatic rings. The van der Waals surface area contributed by atoms with Crippen LogP contribution < -0.4 is 15.4 Å². The maximum absolute atomic E-state index is 12.1. The average molecular weight is 387 g/mol. The molecule has 1 aromatic carbocycles. The zero-order valence-electron chi connectivity index (χ0n) is 14.6. The van der Waals surface area contributed by atoms with Crippen molar-refractivity contribution in [1.82, 2.24) is 5.32 Å². The number of anilines is 1. The van der Waals surface area contributed by atoms with E-state index in [-0.39, 0.29) is 5.56 Å². The molecular formula is C18H17N3O5S. The van der Waals surface area contributed by atoms with E-state index in [0.29, 0.717) is 16.3 Å². The van der Waals surface area contributed by atoms with Gasteiger partial charge in [0.05, 0.1) is 18.2 Å².